The highest BCUT2D eigenvalue weighted by atomic mass is 32.2. The first-order valence-electron chi connectivity index (χ1n) is 4.74. The van der Waals surface area contributed by atoms with Crippen molar-refractivity contribution in [2.45, 2.75) is 31.4 Å². The number of hydrogen-bond donors (Lipinski definition) is 1. The van der Waals surface area contributed by atoms with E-state index >= 15 is 0 Å². The molecule has 0 saturated heterocycles. The van der Waals surface area contributed by atoms with Crippen LogP contribution in [0.5, 0.6) is 0 Å². The van der Waals surface area contributed by atoms with Crippen LogP contribution in [0.15, 0.2) is 5.03 Å². The van der Waals surface area contributed by atoms with E-state index in [4.69, 9.17) is 5.26 Å². The van der Waals surface area contributed by atoms with Crippen LogP contribution in [0.3, 0.4) is 0 Å². The maximum Gasteiger partial charge on any atom is 0.103 e. The number of aliphatic hydroxyl groups is 1. The molecule has 1 aromatic heterocycles. The third-order valence-corrected chi connectivity index (χ3v) is 4.01. The standard InChI is InChI=1S/C11H12N2OS/c1-6-8(4-12)7(2)13-10-9(6)11(3,14)5-15-10/h14H,5H2,1-3H3. The molecule has 1 aromatic rings. The molecule has 1 atom stereocenters. The first-order chi connectivity index (χ1) is 6.97. The topological polar surface area (TPSA) is 56.9 Å². The van der Waals surface area contributed by atoms with Crippen molar-refractivity contribution in [2.75, 3.05) is 5.75 Å². The van der Waals surface area contributed by atoms with Crippen molar-refractivity contribution in [3.05, 3.63) is 22.4 Å². The lowest BCUT2D eigenvalue weighted by atomic mass is 9.92. The summed E-state index contributed by atoms with van der Waals surface area (Å²) in [5.41, 5.74) is 2.19. The minimum Gasteiger partial charge on any atom is -0.384 e. The van der Waals surface area contributed by atoms with Crippen LogP contribution in [0.4, 0.5) is 0 Å². The average molecular weight is 220 g/mol. The zero-order chi connectivity index (χ0) is 11.2. The largest absolute Gasteiger partial charge is 0.384 e. The molecule has 0 aliphatic carbocycles. The van der Waals surface area contributed by atoms with Gasteiger partial charge in [0.1, 0.15) is 11.1 Å². The van der Waals surface area contributed by atoms with Gasteiger partial charge in [-0.05, 0) is 26.3 Å². The van der Waals surface area contributed by atoms with Gasteiger partial charge in [-0.15, -0.1) is 11.8 Å². The fourth-order valence-electron chi connectivity index (χ4n) is 2.01. The van der Waals surface area contributed by atoms with Crippen LogP contribution in [0, 0.1) is 25.2 Å². The maximum absolute atomic E-state index is 10.2. The second-order valence-corrected chi connectivity index (χ2v) is 5.02. The number of aromatic nitrogens is 1. The molecule has 3 nitrogen and oxygen atoms in total. The van der Waals surface area contributed by atoms with Gasteiger partial charge in [-0.1, -0.05) is 0 Å². The summed E-state index contributed by atoms with van der Waals surface area (Å²) in [7, 11) is 0. The van der Waals surface area contributed by atoms with E-state index < -0.39 is 5.60 Å². The van der Waals surface area contributed by atoms with Crippen LogP contribution in [0.25, 0.3) is 0 Å². The molecule has 78 valence electrons. The number of pyridine rings is 1. The average Bonchev–Trinajstić information content (AvgIpc) is 2.42. The van der Waals surface area contributed by atoms with Crippen molar-refractivity contribution >= 4 is 11.8 Å². The van der Waals surface area contributed by atoms with Gasteiger partial charge in [-0.2, -0.15) is 5.26 Å². The van der Waals surface area contributed by atoms with Gasteiger partial charge < -0.3 is 5.11 Å². The van der Waals surface area contributed by atoms with Gasteiger partial charge in [0.2, 0.25) is 0 Å². The smallest absolute Gasteiger partial charge is 0.103 e. The van der Waals surface area contributed by atoms with E-state index in [1.165, 1.54) is 0 Å². The number of nitrogens with zero attached hydrogens (tertiary/aromatic N) is 2. The highest BCUT2D eigenvalue weighted by molar-refractivity contribution is 7.99. The molecule has 1 unspecified atom stereocenters. The Morgan fingerprint density at radius 3 is 2.80 bits per heavy atom. The van der Waals surface area contributed by atoms with Gasteiger partial charge in [0.15, 0.2) is 0 Å². The Labute approximate surface area is 93.1 Å². The van der Waals surface area contributed by atoms with E-state index in [-0.39, 0.29) is 0 Å². The van der Waals surface area contributed by atoms with Gasteiger partial charge in [-0.3, -0.25) is 0 Å². The molecule has 15 heavy (non-hydrogen) atoms. The molecule has 1 aliphatic rings. The monoisotopic (exact) mass is 220 g/mol. The summed E-state index contributed by atoms with van der Waals surface area (Å²) in [6, 6.07) is 2.15. The summed E-state index contributed by atoms with van der Waals surface area (Å²) >= 11 is 1.55. The van der Waals surface area contributed by atoms with Crippen molar-refractivity contribution in [3.63, 3.8) is 0 Å². The van der Waals surface area contributed by atoms with Crippen LogP contribution in [-0.2, 0) is 5.60 Å². The lowest BCUT2D eigenvalue weighted by Gasteiger charge is -2.19. The van der Waals surface area contributed by atoms with Crippen LogP contribution >= 0.6 is 11.8 Å². The number of nitriles is 1. The predicted molar refractivity (Wildman–Crippen MR) is 58.7 cm³/mol. The first-order valence-corrected chi connectivity index (χ1v) is 5.73. The Hall–Kier alpha value is -1.05. The van der Waals surface area contributed by atoms with E-state index in [1.54, 1.807) is 18.7 Å². The molecule has 1 aliphatic heterocycles. The molecule has 0 bridgehead atoms. The highest BCUT2D eigenvalue weighted by Crippen LogP contribution is 2.43. The normalized spacial score (nSPS) is 23.7. The van der Waals surface area contributed by atoms with Crippen molar-refractivity contribution in [3.8, 4) is 6.07 Å². The summed E-state index contributed by atoms with van der Waals surface area (Å²) < 4.78 is 0. The van der Waals surface area contributed by atoms with E-state index in [0.717, 1.165) is 21.8 Å². The molecule has 2 heterocycles. The molecule has 4 heteroatoms. The van der Waals surface area contributed by atoms with Crippen LogP contribution in [0.2, 0.25) is 0 Å². The summed E-state index contributed by atoms with van der Waals surface area (Å²) in [6.45, 7) is 5.49. The third-order valence-electron chi connectivity index (χ3n) is 2.74. The van der Waals surface area contributed by atoms with E-state index in [2.05, 4.69) is 11.1 Å². The summed E-state index contributed by atoms with van der Waals surface area (Å²) in [5.74, 6) is 0.616. The molecular weight excluding hydrogens is 208 g/mol. The lowest BCUT2D eigenvalue weighted by Crippen LogP contribution is -2.22. The zero-order valence-corrected chi connectivity index (χ0v) is 9.77. The number of hydrogen-bond acceptors (Lipinski definition) is 4. The van der Waals surface area contributed by atoms with E-state index in [1.807, 2.05) is 13.8 Å². The minimum atomic E-state index is -0.851. The Bertz CT molecular complexity index is 474. The Kier molecular flexibility index (Phi) is 2.25. The first kappa shape index (κ1) is 10.5. The van der Waals surface area contributed by atoms with Crippen molar-refractivity contribution in [2.24, 2.45) is 0 Å². The number of thioether (sulfide) groups is 1. The molecule has 0 spiro atoms. The summed E-state index contributed by atoms with van der Waals surface area (Å²) in [5, 5.41) is 20.1. The highest BCUT2D eigenvalue weighted by Gasteiger charge is 2.36. The molecule has 2 rings (SSSR count). The fourth-order valence-corrected chi connectivity index (χ4v) is 3.29. The number of rotatable bonds is 0. The maximum atomic E-state index is 10.2. The van der Waals surface area contributed by atoms with Gasteiger partial charge >= 0.3 is 0 Å². The van der Waals surface area contributed by atoms with Crippen molar-refractivity contribution in [1.29, 1.82) is 5.26 Å². The lowest BCUT2D eigenvalue weighted by molar-refractivity contribution is 0.0839. The summed E-state index contributed by atoms with van der Waals surface area (Å²) in [4.78, 5) is 4.36. The quantitative estimate of drug-likeness (QED) is 0.725. The molecular formula is C11H12N2OS. The van der Waals surface area contributed by atoms with Gasteiger partial charge in [0.25, 0.3) is 0 Å². The number of fused-ring (bicyclic) bond motifs is 1. The SMILES string of the molecule is Cc1nc2c(c(C)c1C#N)C(C)(O)CS2. The van der Waals surface area contributed by atoms with Crippen molar-refractivity contribution < 1.29 is 5.11 Å². The zero-order valence-electron chi connectivity index (χ0n) is 8.96. The van der Waals surface area contributed by atoms with E-state index in [9.17, 15) is 5.11 Å². The Balaban J connectivity index is 2.77. The number of aryl methyl sites for hydroxylation is 1. The third kappa shape index (κ3) is 1.43. The van der Waals surface area contributed by atoms with E-state index in [0.29, 0.717) is 11.3 Å². The van der Waals surface area contributed by atoms with Gasteiger partial charge in [0, 0.05) is 11.3 Å². The Morgan fingerprint density at radius 1 is 1.53 bits per heavy atom. The fraction of sp³-hybridized carbons (Fsp3) is 0.455. The Morgan fingerprint density at radius 2 is 2.20 bits per heavy atom. The van der Waals surface area contributed by atoms with Crippen LogP contribution in [-0.4, -0.2) is 15.8 Å². The molecule has 0 radical (unpaired) electrons. The minimum absolute atomic E-state index is 0.594. The molecule has 1 N–H and O–H groups in total. The molecule has 0 saturated carbocycles. The van der Waals surface area contributed by atoms with Gasteiger partial charge in [0.05, 0.1) is 16.9 Å². The molecule has 0 aromatic carbocycles. The van der Waals surface area contributed by atoms with Crippen molar-refractivity contribution in [1.82, 2.24) is 4.98 Å². The predicted octanol–water partition coefficient (Wildman–Crippen LogP) is 1.88. The van der Waals surface area contributed by atoms with Gasteiger partial charge in [-0.25, -0.2) is 4.98 Å². The van der Waals surface area contributed by atoms with Crippen LogP contribution < -0.4 is 0 Å². The summed E-state index contributed by atoms with van der Waals surface area (Å²) in [6.07, 6.45) is 0. The van der Waals surface area contributed by atoms with Crippen LogP contribution in [0.1, 0.15) is 29.3 Å². The second-order valence-electron chi connectivity index (χ2n) is 4.05. The molecule has 0 amide bonds. The molecule has 0 fully saturated rings. The second kappa shape index (κ2) is 3.22.